The molecule has 0 unspecified atom stereocenters. The quantitative estimate of drug-likeness (QED) is 0.208. The molecule has 9 rings (SSSR count). The summed E-state index contributed by atoms with van der Waals surface area (Å²) in [7, 11) is 0. The summed E-state index contributed by atoms with van der Waals surface area (Å²) in [6.07, 6.45) is 1.93. The summed E-state index contributed by atoms with van der Waals surface area (Å²) >= 11 is 0. The van der Waals surface area contributed by atoms with Crippen molar-refractivity contribution in [2.75, 3.05) is 4.90 Å². The fourth-order valence-corrected chi connectivity index (χ4v) is 7.17. The first-order chi connectivity index (χ1) is 22.0. The van der Waals surface area contributed by atoms with Crippen LogP contribution in [0.3, 0.4) is 0 Å². The Balaban J connectivity index is 1.24. The van der Waals surface area contributed by atoms with Gasteiger partial charge in [-0.25, -0.2) is 4.98 Å². The molecule has 2 heterocycles. The average Bonchev–Trinajstić information content (AvgIpc) is 3.55. The van der Waals surface area contributed by atoms with Crippen molar-refractivity contribution < 1.29 is 4.42 Å². The number of nitrogens with zero attached hydrogens (tertiary/aromatic N) is 2. The number of furan rings is 1. The molecule has 1 aliphatic carbocycles. The molecule has 1 aliphatic rings. The predicted octanol–water partition coefficient (Wildman–Crippen LogP) is 11.6. The van der Waals surface area contributed by atoms with Crippen LogP contribution in [0.15, 0.2) is 150 Å². The van der Waals surface area contributed by atoms with Crippen molar-refractivity contribution in [1.82, 2.24) is 4.98 Å². The molecular formula is C42H30N2O. The third kappa shape index (κ3) is 4.01. The van der Waals surface area contributed by atoms with E-state index in [1.165, 1.54) is 38.8 Å². The van der Waals surface area contributed by atoms with Crippen molar-refractivity contribution in [2.24, 2.45) is 0 Å². The van der Waals surface area contributed by atoms with E-state index in [1.807, 2.05) is 6.20 Å². The van der Waals surface area contributed by atoms with Gasteiger partial charge in [0.2, 0.25) is 5.71 Å². The summed E-state index contributed by atoms with van der Waals surface area (Å²) in [5.74, 6) is 0. The van der Waals surface area contributed by atoms with Crippen LogP contribution in [-0.4, -0.2) is 4.98 Å². The van der Waals surface area contributed by atoms with E-state index in [-0.39, 0.29) is 5.41 Å². The first-order valence-corrected chi connectivity index (χ1v) is 15.5. The number of benzene rings is 6. The number of hydrogen-bond acceptors (Lipinski definition) is 3. The maximum absolute atomic E-state index is 6.27. The number of hydrogen-bond donors (Lipinski definition) is 0. The maximum atomic E-state index is 6.27. The van der Waals surface area contributed by atoms with E-state index in [9.17, 15) is 0 Å². The maximum Gasteiger partial charge on any atom is 0.227 e. The Morgan fingerprint density at radius 3 is 2.02 bits per heavy atom. The first-order valence-electron chi connectivity index (χ1n) is 15.5. The molecule has 0 N–H and O–H groups in total. The van der Waals surface area contributed by atoms with Crippen LogP contribution in [0.25, 0.3) is 55.1 Å². The third-order valence-electron chi connectivity index (χ3n) is 9.50. The lowest BCUT2D eigenvalue weighted by atomic mass is 9.82. The molecule has 0 aliphatic heterocycles. The van der Waals surface area contributed by atoms with E-state index in [4.69, 9.17) is 9.40 Å². The summed E-state index contributed by atoms with van der Waals surface area (Å²) < 4.78 is 6.27. The molecule has 0 amide bonds. The Hall–Kier alpha value is -5.67. The molecule has 3 nitrogen and oxygen atoms in total. The molecule has 8 aromatic rings. The smallest absolute Gasteiger partial charge is 0.227 e. The molecule has 2 aromatic heterocycles. The lowest BCUT2D eigenvalue weighted by Crippen LogP contribution is -2.16. The summed E-state index contributed by atoms with van der Waals surface area (Å²) in [5, 5.41) is 4.43. The second-order valence-corrected chi connectivity index (χ2v) is 12.5. The normalized spacial score (nSPS) is 13.3. The minimum atomic E-state index is -0.102. The summed E-state index contributed by atoms with van der Waals surface area (Å²) in [6, 6.07) is 50.0. The van der Waals surface area contributed by atoms with Gasteiger partial charge in [0.25, 0.3) is 0 Å². The fraction of sp³-hybridized carbons (Fsp3) is 0.0714. The number of pyridine rings is 1. The van der Waals surface area contributed by atoms with Gasteiger partial charge in [-0.15, -0.1) is 0 Å². The van der Waals surface area contributed by atoms with Gasteiger partial charge < -0.3 is 9.32 Å². The van der Waals surface area contributed by atoms with Gasteiger partial charge in [0.05, 0.1) is 17.3 Å². The van der Waals surface area contributed by atoms with Crippen LogP contribution in [0, 0.1) is 0 Å². The van der Waals surface area contributed by atoms with Crippen molar-refractivity contribution in [1.29, 1.82) is 0 Å². The highest BCUT2D eigenvalue weighted by molar-refractivity contribution is 6.10. The zero-order valence-electron chi connectivity index (χ0n) is 25.2. The largest absolute Gasteiger partial charge is 0.438 e. The van der Waals surface area contributed by atoms with Gasteiger partial charge in [-0.05, 0) is 86.6 Å². The van der Waals surface area contributed by atoms with Crippen molar-refractivity contribution >= 4 is 49.9 Å². The van der Waals surface area contributed by atoms with Crippen LogP contribution in [0.1, 0.15) is 25.0 Å². The second kappa shape index (κ2) is 9.67. The van der Waals surface area contributed by atoms with Gasteiger partial charge >= 0.3 is 0 Å². The minimum Gasteiger partial charge on any atom is -0.438 e. The molecule has 0 spiro atoms. The van der Waals surface area contributed by atoms with Crippen molar-refractivity contribution in [3.05, 3.63) is 157 Å². The van der Waals surface area contributed by atoms with E-state index in [0.717, 1.165) is 38.8 Å². The van der Waals surface area contributed by atoms with E-state index in [2.05, 4.69) is 158 Å². The van der Waals surface area contributed by atoms with E-state index < -0.39 is 0 Å². The summed E-state index contributed by atoms with van der Waals surface area (Å²) in [5.41, 5.74) is 12.3. The Bertz CT molecular complexity index is 2400. The number of aromatic nitrogens is 1. The molecule has 0 atom stereocenters. The van der Waals surface area contributed by atoms with Crippen LogP contribution in [-0.2, 0) is 5.41 Å². The monoisotopic (exact) mass is 578 g/mol. The molecule has 0 saturated heterocycles. The van der Waals surface area contributed by atoms with Crippen LogP contribution in [0.2, 0.25) is 0 Å². The van der Waals surface area contributed by atoms with Crippen molar-refractivity contribution in [3.63, 3.8) is 0 Å². The van der Waals surface area contributed by atoms with Gasteiger partial charge in [0.15, 0.2) is 0 Å². The Labute approximate surface area is 262 Å². The molecule has 6 aromatic carbocycles. The number of fused-ring (bicyclic) bond motifs is 7. The highest BCUT2D eigenvalue weighted by Gasteiger charge is 2.35. The number of rotatable bonds is 4. The average molecular weight is 579 g/mol. The Morgan fingerprint density at radius 2 is 1.20 bits per heavy atom. The van der Waals surface area contributed by atoms with Gasteiger partial charge in [-0.1, -0.05) is 111 Å². The standard InChI is InChI=1S/C42H30N2O/c1-42(2)38-15-9-8-14-34(38)35-21-20-32(25-39(35)42)44(31-18-16-28(17-19-31)27-10-4-3-5-11-27)33-24-37-36-22-29-12-6-7-13-30(29)23-40(36)45-41(37)43-26-33/h3-26H,1-2H3. The summed E-state index contributed by atoms with van der Waals surface area (Å²) in [4.78, 5) is 7.19. The van der Waals surface area contributed by atoms with Crippen LogP contribution in [0.5, 0.6) is 0 Å². The highest BCUT2D eigenvalue weighted by atomic mass is 16.3. The zero-order chi connectivity index (χ0) is 30.1. The molecule has 45 heavy (non-hydrogen) atoms. The number of anilines is 3. The fourth-order valence-electron chi connectivity index (χ4n) is 7.17. The van der Waals surface area contributed by atoms with E-state index in [1.54, 1.807) is 0 Å². The lowest BCUT2D eigenvalue weighted by Gasteiger charge is -2.28. The third-order valence-corrected chi connectivity index (χ3v) is 9.50. The van der Waals surface area contributed by atoms with E-state index >= 15 is 0 Å². The SMILES string of the molecule is CC1(C)c2ccccc2-c2ccc(N(c3ccc(-c4ccccc4)cc3)c3cnc4oc5cc6ccccc6cc5c4c3)cc21. The lowest BCUT2D eigenvalue weighted by molar-refractivity contribution is 0.654. The van der Waals surface area contributed by atoms with Crippen molar-refractivity contribution in [3.8, 4) is 22.3 Å². The van der Waals surface area contributed by atoms with Gasteiger partial charge in [0, 0.05) is 22.2 Å². The van der Waals surface area contributed by atoms with Crippen LogP contribution in [0.4, 0.5) is 17.1 Å². The molecule has 0 radical (unpaired) electrons. The van der Waals surface area contributed by atoms with Gasteiger partial charge in [-0.3, -0.25) is 0 Å². The Kier molecular flexibility index (Phi) is 5.54. The minimum absolute atomic E-state index is 0.102. The van der Waals surface area contributed by atoms with Gasteiger partial charge in [0.1, 0.15) is 5.58 Å². The topological polar surface area (TPSA) is 29.3 Å². The molecule has 214 valence electrons. The van der Waals surface area contributed by atoms with Crippen LogP contribution < -0.4 is 4.90 Å². The van der Waals surface area contributed by atoms with E-state index in [0.29, 0.717) is 5.71 Å². The molecule has 3 heteroatoms. The van der Waals surface area contributed by atoms with Gasteiger partial charge in [-0.2, -0.15) is 0 Å². The van der Waals surface area contributed by atoms with Crippen LogP contribution >= 0.6 is 0 Å². The molecule has 0 bridgehead atoms. The first kappa shape index (κ1) is 25.8. The highest BCUT2D eigenvalue weighted by Crippen LogP contribution is 2.50. The predicted molar refractivity (Wildman–Crippen MR) is 187 cm³/mol. The second-order valence-electron chi connectivity index (χ2n) is 12.5. The Morgan fingerprint density at radius 1 is 0.533 bits per heavy atom. The zero-order valence-corrected chi connectivity index (χ0v) is 25.2. The molecule has 0 saturated carbocycles. The van der Waals surface area contributed by atoms with Crippen molar-refractivity contribution in [2.45, 2.75) is 19.3 Å². The molecular weight excluding hydrogens is 548 g/mol. The summed E-state index contributed by atoms with van der Waals surface area (Å²) in [6.45, 7) is 4.66. The molecule has 0 fully saturated rings.